The van der Waals surface area contributed by atoms with Crippen LogP contribution in [0, 0.1) is 0 Å². The number of aryl methyl sites for hydroxylation is 1. The second kappa shape index (κ2) is 7.57. The Morgan fingerprint density at radius 2 is 2.04 bits per heavy atom. The van der Waals surface area contributed by atoms with Crippen molar-refractivity contribution in [2.45, 2.75) is 25.3 Å². The number of benzene rings is 2. The molecule has 6 heteroatoms. The standard InChI is InChI=1S/C19H19ClN2O3/c20-13-8-9-16(21)15(10-13)19(24)25-11-18(23)22-17-7-3-5-12-4-1-2-6-14(12)17/h1-2,4,6,8-10,17H,3,5,7,11,21H2,(H,22,23)/t17-/m0/s1. The Labute approximate surface area is 151 Å². The van der Waals surface area contributed by atoms with Gasteiger partial charge in [-0.05, 0) is 48.6 Å². The number of ether oxygens (including phenoxy) is 1. The highest BCUT2D eigenvalue weighted by atomic mass is 35.5. The van der Waals surface area contributed by atoms with E-state index in [1.54, 1.807) is 6.07 Å². The molecular weight excluding hydrogens is 340 g/mol. The molecule has 1 aliphatic rings. The van der Waals surface area contributed by atoms with Gasteiger partial charge < -0.3 is 15.8 Å². The molecule has 1 amide bonds. The van der Waals surface area contributed by atoms with Crippen molar-refractivity contribution in [3.63, 3.8) is 0 Å². The zero-order valence-electron chi connectivity index (χ0n) is 13.6. The van der Waals surface area contributed by atoms with E-state index in [-0.39, 0.29) is 29.8 Å². The average Bonchev–Trinajstić information content (AvgIpc) is 2.62. The summed E-state index contributed by atoms with van der Waals surface area (Å²) >= 11 is 5.86. The molecule has 0 radical (unpaired) electrons. The Hall–Kier alpha value is -2.53. The van der Waals surface area contributed by atoms with Crippen LogP contribution in [0.25, 0.3) is 0 Å². The fourth-order valence-corrected chi connectivity index (χ4v) is 3.23. The molecule has 2 aromatic rings. The number of amides is 1. The van der Waals surface area contributed by atoms with Crippen molar-refractivity contribution in [2.24, 2.45) is 0 Å². The lowest BCUT2D eigenvalue weighted by Gasteiger charge is -2.26. The molecule has 0 aromatic heterocycles. The topological polar surface area (TPSA) is 81.4 Å². The van der Waals surface area contributed by atoms with Gasteiger partial charge in [-0.1, -0.05) is 35.9 Å². The number of hydrogen-bond acceptors (Lipinski definition) is 4. The Balaban J connectivity index is 1.59. The molecule has 130 valence electrons. The smallest absolute Gasteiger partial charge is 0.340 e. The maximum Gasteiger partial charge on any atom is 0.340 e. The van der Waals surface area contributed by atoms with Crippen LogP contribution < -0.4 is 11.1 Å². The highest BCUT2D eigenvalue weighted by Crippen LogP contribution is 2.29. The van der Waals surface area contributed by atoms with Gasteiger partial charge >= 0.3 is 5.97 Å². The molecule has 0 saturated carbocycles. The summed E-state index contributed by atoms with van der Waals surface area (Å²) in [5.74, 6) is -1.00. The summed E-state index contributed by atoms with van der Waals surface area (Å²) in [6.07, 6.45) is 2.91. The predicted molar refractivity (Wildman–Crippen MR) is 96.4 cm³/mol. The number of nitrogen functional groups attached to an aromatic ring is 1. The normalized spacial score (nSPS) is 16.0. The number of esters is 1. The molecule has 0 aliphatic heterocycles. The first-order valence-electron chi connectivity index (χ1n) is 8.14. The fourth-order valence-electron chi connectivity index (χ4n) is 3.05. The van der Waals surface area contributed by atoms with Crippen molar-refractivity contribution < 1.29 is 14.3 Å². The number of anilines is 1. The van der Waals surface area contributed by atoms with Crippen LogP contribution in [-0.4, -0.2) is 18.5 Å². The van der Waals surface area contributed by atoms with Crippen molar-refractivity contribution in [2.75, 3.05) is 12.3 Å². The van der Waals surface area contributed by atoms with Crippen LogP contribution in [0.3, 0.4) is 0 Å². The van der Waals surface area contributed by atoms with Crippen LogP contribution in [0.5, 0.6) is 0 Å². The largest absolute Gasteiger partial charge is 0.452 e. The number of carbonyl (C=O) groups is 2. The van der Waals surface area contributed by atoms with Gasteiger partial charge in [-0.15, -0.1) is 0 Å². The number of halogens is 1. The van der Waals surface area contributed by atoms with E-state index in [4.69, 9.17) is 22.1 Å². The van der Waals surface area contributed by atoms with E-state index in [2.05, 4.69) is 11.4 Å². The van der Waals surface area contributed by atoms with Crippen LogP contribution in [0.1, 0.15) is 40.4 Å². The zero-order valence-corrected chi connectivity index (χ0v) is 14.4. The minimum absolute atomic E-state index is 0.0487. The SMILES string of the molecule is Nc1ccc(Cl)cc1C(=O)OCC(=O)N[C@H]1CCCc2ccccc21. The summed E-state index contributed by atoms with van der Waals surface area (Å²) in [6, 6.07) is 12.6. The Kier molecular flexibility index (Phi) is 5.24. The van der Waals surface area contributed by atoms with Crippen LogP contribution in [0.15, 0.2) is 42.5 Å². The summed E-state index contributed by atoms with van der Waals surface area (Å²) in [4.78, 5) is 24.2. The van der Waals surface area contributed by atoms with Gasteiger partial charge in [0, 0.05) is 10.7 Å². The third-order valence-electron chi connectivity index (χ3n) is 4.27. The van der Waals surface area contributed by atoms with E-state index in [9.17, 15) is 9.59 Å². The first kappa shape index (κ1) is 17.3. The fraction of sp³-hybridized carbons (Fsp3) is 0.263. The van der Waals surface area contributed by atoms with E-state index < -0.39 is 5.97 Å². The lowest BCUT2D eigenvalue weighted by molar-refractivity contribution is -0.125. The van der Waals surface area contributed by atoms with E-state index in [1.807, 2.05) is 18.2 Å². The van der Waals surface area contributed by atoms with Crippen LogP contribution in [0.4, 0.5) is 5.69 Å². The third-order valence-corrected chi connectivity index (χ3v) is 4.51. The highest BCUT2D eigenvalue weighted by Gasteiger charge is 2.22. The molecule has 0 heterocycles. The minimum atomic E-state index is -0.667. The Morgan fingerprint density at radius 1 is 1.24 bits per heavy atom. The second-order valence-electron chi connectivity index (χ2n) is 6.02. The highest BCUT2D eigenvalue weighted by molar-refractivity contribution is 6.31. The number of hydrogen-bond donors (Lipinski definition) is 2. The molecule has 1 atom stereocenters. The molecule has 0 fully saturated rings. The number of fused-ring (bicyclic) bond motifs is 1. The lowest BCUT2D eigenvalue weighted by atomic mass is 9.88. The zero-order chi connectivity index (χ0) is 17.8. The molecule has 3 rings (SSSR count). The number of carbonyl (C=O) groups excluding carboxylic acids is 2. The van der Waals surface area contributed by atoms with Crippen molar-refractivity contribution in [3.8, 4) is 0 Å². The van der Waals surface area contributed by atoms with E-state index in [0.717, 1.165) is 24.8 Å². The summed E-state index contributed by atoms with van der Waals surface area (Å²) in [6.45, 7) is -0.358. The molecule has 0 spiro atoms. The molecular formula is C19H19ClN2O3. The molecule has 0 unspecified atom stereocenters. The van der Waals surface area contributed by atoms with Gasteiger partial charge in [0.25, 0.3) is 5.91 Å². The molecule has 25 heavy (non-hydrogen) atoms. The van der Waals surface area contributed by atoms with Gasteiger partial charge in [-0.3, -0.25) is 4.79 Å². The van der Waals surface area contributed by atoms with E-state index >= 15 is 0 Å². The maximum atomic E-state index is 12.2. The maximum absolute atomic E-state index is 12.2. The van der Waals surface area contributed by atoms with Crippen molar-refractivity contribution in [3.05, 3.63) is 64.2 Å². The summed E-state index contributed by atoms with van der Waals surface area (Å²) in [7, 11) is 0. The van der Waals surface area contributed by atoms with Crippen LogP contribution in [-0.2, 0) is 16.0 Å². The van der Waals surface area contributed by atoms with Crippen molar-refractivity contribution >= 4 is 29.2 Å². The monoisotopic (exact) mass is 358 g/mol. The van der Waals surface area contributed by atoms with Gasteiger partial charge in [-0.2, -0.15) is 0 Å². The van der Waals surface area contributed by atoms with Gasteiger partial charge in [0.15, 0.2) is 6.61 Å². The summed E-state index contributed by atoms with van der Waals surface area (Å²) < 4.78 is 5.07. The quantitative estimate of drug-likeness (QED) is 0.649. The van der Waals surface area contributed by atoms with Gasteiger partial charge in [-0.25, -0.2) is 4.79 Å². The first-order chi connectivity index (χ1) is 12.0. The summed E-state index contributed by atoms with van der Waals surface area (Å²) in [5, 5.41) is 3.31. The summed E-state index contributed by atoms with van der Waals surface area (Å²) in [5.41, 5.74) is 8.54. The van der Waals surface area contributed by atoms with Crippen molar-refractivity contribution in [1.82, 2.24) is 5.32 Å². The second-order valence-corrected chi connectivity index (χ2v) is 6.46. The third kappa shape index (κ3) is 4.12. The van der Waals surface area contributed by atoms with E-state index in [1.165, 1.54) is 17.7 Å². The predicted octanol–water partition coefficient (Wildman–Crippen LogP) is 3.27. The minimum Gasteiger partial charge on any atom is -0.452 e. The number of nitrogens with two attached hydrogens (primary N) is 1. The Bertz CT molecular complexity index is 807. The molecule has 1 aliphatic carbocycles. The van der Waals surface area contributed by atoms with Crippen LogP contribution in [0.2, 0.25) is 5.02 Å². The Morgan fingerprint density at radius 3 is 2.88 bits per heavy atom. The molecule has 2 aromatic carbocycles. The first-order valence-corrected chi connectivity index (χ1v) is 8.51. The average molecular weight is 359 g/mol. The van der Waals surface area contributed by atoms with Gasteiger partial charge in [0.1, 0.15) is 0 Å². The van der Waals surface area contributed by atoms with Gasteiger partial charge in [0.05, 0.1) is 11.6 Å². The molecule has 5 nitrogen and oxygen atoms in total. The molecule has 0 saturated heterocycles. The van der Waals surface area contributed by atoms with E-state index in [0.29, 0.717) is 5.02 Å². The molecule has 3 N–H and O–H groups in total. The molecule has 0 bridgehead atoms. The number of nitrogens with one attached hydrogen (secondary N) is 1. The van der Waals surface area contributed by atoms with Gasteiger partial charge in [0.2, 0.25) is 0 Å². The van der Waals surface area contributed by atoms with Crippen LogP contribution >= 0.6 is 11.6 Å². The lowest BCUT2D eigenvalue weighted by Crippen LogP contribution is -2.34. The van der Waals surface area contributed by atoms with Crippen molar-refractivity contribution in [1.29, 1.82) is 0 Å². The number of rotatable bonds is 4.